The van der Waals surface area contributed by atoms with E-state index in [9.17, 15) is 0 Å². The van der Waals surface area contributed by atoms with Crippen molar-refractivity contribution >= 4 is 11.6 Å². The number of hydrogen-bond donors (Lipinski definition) is 0. The van der Waals surface area contributed by atoms with Crippen LogP contribution in [0.2, 0.25) is 5.35 Å². The largest absolute Gasteiger partial charge is 0.412 e. The standard InChI is InChI=1S/C9H15ClN2O/c1-5(2)7(6(3)4)8-11-12-9(10)13-8/h5-7H,1-4H3. The van der Waals surface area contributed by atoms with Crippen molar-refractivity contribution in [1.82, 2.24) is 10.2 Å². The van der Waals surface area contributed by atoms with Crippen LogP contribution in [0.5, 0.6) is 0 Å². The molecule has 0 atom stereocenters. The first-order valence-corrected chi connectivity index (χ1v) is 4.89. The van der Waals surface area contributed by atoms with Gasteiger partial charge in [-0.3, -0.25) is 0 Å². The Labute approximate surface area is 83.5 Å². The summed E-state index contributed by atoms with van der Waals surface area (Å²) in [6.45, 7) is 8.57. The molecule has 0 aromatic carbocycles. The maximum Gasteiger partial charge on any atom is 0.312 e. The van der Waals surface area contributed by atoms with E-state index in [1.807, 2.05) is 0 Å². The van der Waals surface area contributed by atoms with E-state index in [0.29, 0.717) is 23.6 Å². The summed E-state index contributed by atoms with van der Waals surface area (Å²) in [4.78, 5) is 0. The summed E-state index contributed by atoms with van der Waals surface area (Å²) in [5, 5.41) is 7.69. The first-order chi connectivity index (χ1) is 6.02. The highest BCUT2D eigenvalue weighted by molar-refractivity contribution is 6.27. The fourth-order valence-corrected chi connectivity index (χ4v) is 1.81. The van der Waals surface area contributed by atoms with Crippen LogP contribution in [0.3, 0.4) is 0 Å². The molecule has 1 heterocycles. The molecule has 1 aromatic heterocycles. The number of nitrogens with zero attached hydrogens (tertiary/aromatic N) is 2. The van der Waals surface area contributed by atoms with Crippen molar-refractivity contribution in [1.29, 1.82) is 0 Å². The van der Waals surface area contributed by atoms with E-state index >= 15 is 0 Å². The van der Waals surface area contributed by atoms with Crippen LogP contribution in [-0.4, -0.2) is 10.2 Å². The third-order valence-corrected chi connectivity index (χ3v) is 2.29. The van der Waals surface area contributed by atoms with Gasteiger partial charge in [-0.25, -0.2) is 0 Å². The number of halogens is 1. The van der Waals surface area contributed by atoms with E-state index in [4.69, 9.17) is 16.0 Å². The van der Waals surface area contributed by atoms with E-state index in [1.54, 1.807) is 0 Å². The van der Waals surface area contributed by atoms with E-state index in [2.05, 4.69) is 37.9 Å². The normalized spacial score (nSPS) is 12.0. The van der Waals surface area contributed by atoms with Gasteiger partial charge in [0.2, 0.25) is 5.89 Å². The number of aromatic nitrogens is 2. The second-order valence-electron chi connectivity index (χ2n) is 3.91. The van der Waals surface area contributed by atoms with Crippen molar-refractivity contribution in [2.24, 2.45) is 11.8 Å². The van der Waals surface area contributed by atoms with Crippen LogP contribution in [0, 0.1) is 11.8 Å². The average molecular weight is 203 g/mol. The third kappa shape index (κ3) is 2.44. The molecule has 0 fully saturated rings. The number of hydrogen-bond acceptors (Lipinski definition) is 3. The van der Waals surface area contributed by atoms with Gasteiger partial charge in [-0.2, -0.15) is 0 Å². The van der Waals surface area contributed by atoms with Crippen LogP contribution in [0.4, 0.5) is 0 Å². The van der Waals surface area contributed by atoms with Crippen LogP contribution in [0.1, 0.15) is 39.5 Å². The Hall–Kier alpha value is -0.570. The fraction of sp³-hybridized carbons (Fsp3) is 0.778. The molecule has 0 unspecified atom stereocenters. The molecule has 0 bridgehead atoms. The molecule has 13 heavy (non-hydrogen) atoms. The Morgan fingerprint density at radius 1 is 1.08 bits per heavy atom. The Kier molecular flexibility index (Phi) is 3.31. The first-order valence-electron chi connectivity index (χ1n) is 4.51. The molecule has 0 amide bonds. The first kappa shape index (κ1) is 10.5. The molecule has 1 aromatic rings. The van der Waals surface area contributed by atoms with E-state index in [0.717, 1.165) is 0 Å². The van der Waals surface area contributed by atoms with E-state index in [1.165, 1.54) is 0 Å². The molecule has 0 radical (unpaired) electrons. The Bertz CT molecular complexity index is 262. The van der Waals surface area contributed by atoms with Crippen LogP contribution < -0.4 is 0 Å². The zero-order valence-electron chi connectivity index (χ0n) is 8.41. The maximum absolute atomic E-state index is 5.57. The van der Waals surface area contributed by atoms with Gasteiger partial charge in [0.05, 0.1) is 0 Å². The summed E-state index contributed by atoms with van der Waals surface area (Å²) >= 11 is 5.57. The summed E-state index contributed by atoms with van der Waals surface area (Å²) in [5.41, 5.74) is 0. The molecular formula is C9H15ClN2O. The van der Waals surface area contributed by atoms with Gasteiger partial charge in [0.15, 0.2) is 0 Å². The minimum Gasteiger partial charge on any atom is -0.412 e. The van der Waals surface area contributed by atoms with Gasteiger partial charge >= 0.3 is 5.35 Å². The second kappa shape index (κ2) is 4.09. The van der Waals surface area contributed by atoms with Gasteiger partial charge in [-0.1, -0.05) is 32.8 Å². The summed E-state index contributed by atoms with van der Waals surface area (Å²) in [7, 11) is 0. The lowest BCUT2D eigenvalue weighted by Gasteiger charge is -2.20. The van der Waals surface area contributed by atoms with Crippen LogP contribution in [0.25, 0.3) is 0 Å². The van der Waals surface area contributed by atoms with Gasteiger partial charge in [0, 0.05) is 5.92 Å². The van der Waals surface area contributed by atoms with Crippen molar-refractivity contribution in [3.05, 3.63) is 11.2 Å². The molecule has 1 rings (SSSR count). The monoisotopic (exact) mass is 202 g/mol. The lowest BCUT2D eigenvalue weighted by molar-refractivity contribution is 0.314. The maximum atomic E-state index is 5.57. The van der Waals surface area contributed by atoms with Gasteiger partial charge in [-0.05, 0) is 23.4 Å². The molecule has 0 spiro atoms. The summed E-state index contributed by atoms with van der Waals surface area (Å²) in [6.07, 6.45) is 0. The lowest BCUT2D eigenvalue weighted by Crippen LogP contribution is -2.13. The highest BCUT2D eigenvalue weighted by Gasteiger charge is 2.24. The third-order valence-electron chi connectivity index (χ3n) is 2.14. The molecule has 0 saturated carbocycles. The summed E-state index contributed by atoms with van der Waals surface area (Å²) in [5.74, 6) is 1.91. The SMILES string of the molecule is CC(C)C(c1nnc(Cl)o1)C(C)C. The van der Waals surface area contributed by atoms with Crippen LogP contribution in [0.15, 0.2) is 4.42 Å². The van der Waals surface area contributed by atoms with Gasteiger partial charge in [0.25, 0.3) is 0 Å². The predicted molar refractivity (Wildman–Crippen MR) is 51.7 cm³/mol. The minimum absolute atomic E-state index is 0.126. The molecule has 0 aliphatic carbocycles. The molecule has 0 aliphatic heterocycles. The van der Waals surface area contributed by atoms with Crippen LogP contribution in [-0.2, 0) is 0 Å². The average Bonchev–Trinajstić information content (AvgIpc) is 2.34. The van der Waals surface area contributed by atoms with Crippen molar-refractivity contribution in [3.63, 3.8) is 0 Å². The lowest BCUT2D eigenvalue weighted by atomic mass is 9.85. The minimum atomic E-state index is 0.126. The van der Waals surface area contributed by atoms with Crippen LogP contribution >= 0.6 is 11.6 Å². The molecule has 0 saturated heterocycles. The smallest absolute Gasteiger partial charge is 0.312 e. The molecule has 3 nitrogen and oxygen atoms in total. The van der Waals surface area contributed by atoms with Crippen molar-refractivity contribution in [2.75, 3.05) is 0 Å². The topological polar surface area (TPSA) is 38.9 Å². The van der Waals surface area contributed by atoms with Crippen molar-refractivity contribution < 1.29 is 4.42 Å². The highest BCUT2D eigenvalue weighted by Crippen LogP contribution is 2.31. The van der Waals surface area contributed by atoms with E-state index in [-0.39, 0.29) is 5.35 Å². The molecule has 0 N–H and O–H groups in total. The molecule has 74 valence electrons. The Balaban J connectivity index is 2.88. The Morgan fingerprint density at radius 2 is 1.62 bits per heavy atom. The van der Waals surface area contributed by atoms with Gasteiger partial charge in [0.1, 0.15) is 0 Å². The van der Waals surface area contributed by atoms with Gasteiger partial charge < -0.3 is 4.42 Å². The second-order valence-corrected chi connectivity index (χ2v) is 4.23. The predicted octanol–water partition coefficient (Wildman–Crippen LogP) is 3.12. The van der Waals surface area contributed by atoms with Crippen molar-refractivity contribution in [3.8, 4) is 0 Å². The quantitative estimate of drug-likeness (QED) is 0.756. The zero-order valence-corrected chi connectivity index (χ0v) is 9.17. The number of rotatable bonds is 3. The molecular weight excluding hydrogens is 188 g/mol. The fourth-order valence-electron chi connectivity index (χ4n) is 1.69. The zero-order chi connectivity index (χ0) is 10.0. The van der Waals surface area contributed by atoms with Gasteiger partial charge in [-0.15, -0.1) is 5.10 Å². The van der Waals surface area contributed by atoms with Crippen molar-refractivity contribution in [2.45, 2.75) is 33.6 Å². The molecule has 4 heteroatoms. The highest BCUT2D eigenvalue weighted by atomic mass is 35.5. The molecule has 0 aliphatic rings. The van der Waals surface area contributed by atoms with E-state index < -0.39 is 0 Å². The summed E-state index contributed by atoms with van der Waals surface area (Å²) in [6, 6.07) is 0. The summed E-state index contributed by atoms with van der Waals surface area (Å²) < 4.78 is 5.21. The Morgan fingerprint density at radius 3 is 1.92 bits per heavy atom.